The molecule has 1 aliphatic carbocycles. The van der Waals surface area contributed by atoms with E-state index in [-0.39, 0.29) is 0 Å². The first-order chi connectivity index (χ1) is 16.2. The second-order valence-electron chi connectivity index (χ2n) is 8.99. The maximum Gasteiger partial charge on any atom is 0.190 e. The molecule has 0 bridgehead atoms. The molecule has 0 atom stereocenters. The summed E-state index contributed by atoms with van der Waals surface area (Å²) in [5.41, 5.74) is 5.44. The fourth-order valence-corrected chi connectivity index (χ4v) is 7.26. The molecule has 0 radical (unpaired) electrons. The topological polar surface area (TPSA) is 94.2 Å². The molecular formula is C24H28N6O2S2. The number of hydrogen-bond donors (Lipinski definition) is 1. The van der Waals surface area contributed by atoms with E-state index in [2.05, 4.69) is 21.5 Å². The Morgan fingerprint density at radius 2 is 2.00 bits per heavy atom. The molecule has 10 heteroatoms. The number of sulfone groups is 1. The van der Waals surface area contributed by atoms with Crippen molar-refractivity contribution in [3.63, 3.8) is 0 Å². The van der Waals surface area contributed by atoms with E-state index < -0.39 is 15.1 Å². The van der Waals surface area contributed by atoms with Crippen LogP contribution in [0.15, 0.2) is 41.1 Å². The molecule has 5 rings (SSSR count). The van der Waals surface area contributed by atoms with Crippen molar-refractivity contribution in [3.8, 4) is 11.3 Å². The lowest BCUT2D eigenvalue weighted by Crippen LogP contribution is -2.13. The monoisotopic (exact) mass is 496 g/mol. The minimum Gasteiger partial charge on any atom is -0.329 e. The van der Waals surface area contributed by atoms with Crippen molar-refractivity contribution >= 4 is 43.2 Å². The predicted octanol–water partition coefficient (Wildman–Crippen LogP) is 5.38. The van der Waals surface area contributed by atoms with Gasteiger partial charge in [0.2, 0.25) is 0 Å². The summed E-state index contributed by atoms with van der Waals surface area (Å²) in [6, 6.07) is 1.87. The van der Waals surface area contributed by atoms with Gasteiger partial charge in [-0.1, -0.05) is 6.08 Å². The smallest absolute Gasteiger partial charge is 0.190 e. The first-order valence-electron chi connectivity index (χ1n) is 11.4. The van der Waals surface area contributed by atoms with Crippen molar-refractivity contribution in [2.45, 2.75) is 55.9 Å². The van der Waals surface area contributed by atoms with Gasteiger partial charge < -0.3 is 5.32 Å². The molecule has 1 aliphatic rings. The SMILES string of the molecule is Cc1cc(Nc2nc(C3=CCCCC3)cn3c(-c4cnn(C)c4)cnc23)sc1S(=O)(=O)C(C)C. The molecule has 1 N–H and O–H groups in total. The molecular weight excluding hydrogens is 468 g/mol. The molecule has 0 spiro atoms. The van der Waals surface area contributed by atoms with Crippen LogP contribution in [0.2, 0.25) is 0 Å². The molecule has 8 nitrogen and oxygen atoms in total. The Kier molecular flexibility index (Phi) is 5.81. The van der Waals surface area contributed by atoms with Gasteiger partial charge in [0.15, 0.2) is 21.3 Å². The third-order valence-corrected chi connectivity index (χ3v) is 10.1. The van der Waals surface area contributed by atoms with E-state index in [1.165, 1.54) is 23.3 Å². The van der Waals surface area contributed by atoms with Crippen molar-refractivity contribution in [1.82, 2.24) is 24.1 Å². The Morgan fingerprint density at radius 3 is 2.68 bits per heavy atom. The molecule has 34 heavy (non-hydrogen) atoms. The molecule has 0 saturated heterocycles. The summed E-state index contributed by atoms with van der Waals surface area (Å²) in [5, 5.41) is 7.94. The molecule has 0 fully saturated rings. The highest BCUT2D eigenvalue weighted by Gasteiger charge is 2.25. The van der Waals surface area contributed by atoms with E-state index in [0.717, 1.165) is 46.8 Å². The van der Waals surface area contributed by atoms with E-state index in [1.54, 1.807) is 18.5 Å². The maximum atomic E-state index is 12.8. The summed E-state index contributed by atoms with van der Waals surface area (Å²) >= 11 is 1.24. The molecule has 0 aliphatic heterocycles. The highest BCUT2D eigenvalue weighted by Crippen LogP contribution is 2.36. The minimum atomic E-state index is -3.36. The van der Waals surface area contributed by atoms with Gasteiger partial charge in [-0.2, -0.15) is 5.10 Å². The molecule has 4 aromatic heterocycles. The van der Waals surface area contributed by atoms with Crippen molar-refractivity contribution in [3.05, 3.63) is 48.2 Å². The fraction of sp³-hybridized carbons (Fsp3) is 0.375. The number of anilines is 2. The van der Waals surface area contributed by atoms with E-state index in [0.29, 0.717) is 15.7 Å². The van der Waals surface area contributed by atoms with E-state index in [9.17, 15) is 8.42 Å². The van der Waals surface area contributed by atoms with Gasteiger partial charge in [0.05, 0.1) is 34.0 Å². The maximum absolute atomic E-state index is 12.8. The number of aromatic nitrogens is 5. The van der Waals surface area contributed by atoms with E-state index in [1.807, 2.05) is 49.2 Å². The number of nitrogens with zero attached hydrogens (tertiary/aromatic N) is 5. The number of rotatable bonds is 6. The average Bonchev–Trinajstić information content (AvgIpc) is 3.52. The third-order valence-electron chi connectivity index (χ3n) is 6.11. The standard InChI is InChI=1S/C24H28N6O2S2/c1-15(2)34(31,32)24-16(3)10-21(33-24)28-22-23-25-12-20(18-11-26-29(4)13-18)30(23)14-19(27-22)17-8-6-5-7-9-17/h8,10-15H,5-7,9H2,1-4H3,(H,27,28). The van der Waals surface area contributed by atoms with Crippen LogP contribution in [0.25, 0.3) is 22.5 Å². The second kappa shape index (κ2) is 8.66. The van der Waals surface area contributed by atoms with Gasteiger partial charge in [0, 0.05) is 25.0 Å². The summed E-state index contributed by atoms with van der Waals surface area (Å²) in [5.74, 6) is 0.605. The average molecular weight is 497 g/mol. The van der Waals surface area contributed by atoms with Gasteiger partial charge in [-0.15, -0.1) is 11.3 Å². The zero-order valence-corrected chi connectivity index (χ0v) is 21.4. The number of hydrogen-bond acceptors (Lipinski definition) is 7. The molecule has 178 valence electrons. The normalized spacial score (nSPS) is 14.7. The quantitative estimate of drug-likeness (QED) is 0.385. The van der Waals surface area contributed by atoms with Crippen LogP contribution in [0.4, 0.5) is 10.8 Å². The highest BCUT2D eigenvalue weighted by molar-refractivity contribution is 7.94. The molecule has 4 aromatic rings. The Hall–Kier alpha value is -2.98. The van der Waals surface area contributed by atoms with Crippen LogP contribution in [0.5, 0.6) is 0 Å². The lowest BCUT2D eigenvalue weighted by atomic mass is 9.97. The second-order valence-corrected chi connectivity index (χ2v) is 12.7. The fourth-order valence-electron chi connectivity index (χ4n) is 4.21. The summed E-state index contributed by atoms with van der Waals surface area (Å²) in [6.45, 7) is 5.25. The van der Waals surface area contributed by atoms with Crippen molar-refractivity contribution < 1.29 is 8.42 Å². The minimum absolute atomic E-state index is 0.395. The summed E-state index contributed by atoms with van der Waals surface area (Å²) in [4.78, 5) is 9.60. The lowest BCUT2D eigenvalue weighted by molar-refractivity contribution is 0.589. The van der Waals surface area contributed by atoms with Crippen LogP contribution in [-0.4, -0.2) is 37.8 Å². The van der Waals surface area contributed by atoms with Gasteiger partial charge in [-0.3, -0.25) is 9.08 Å². The molecule has 0 saturated carbocycles. The van der Waals surface area contributed by atoms with Crippen LogP contribution >= 0.6 is 11.3 Å². The number of thiophene rings is 1. The summed E-state index contributed by atoms with van der Waals surface area (Å²) in [6.07, 6.45) is 14.3. The molecule has 0 aromatic carbocycles. The largest absolute Gasteiger partial charge is 0.329 e. The van der Waals surface area contributed by atoms with E-state index >= 15 is 0 Å². The van der Waals surface area contributed by atoms with Crippen molar-refractivity contribution in [2.24, 2.45) is 7.05 Å². The number of nitrogens with one attached hydrogen (secondary N) is 1. The summed E-state index contributed by atoms with van der Waals surface area (Å²) < 4.78 is 29.8. The lowest BCUT2D eigenvalue weighted by Gasteiger charge is -2.15. The number of allylic oxidation sites excluding steroid dienone is 2. The molecule has 0 unspecified atom stereocenters. The number of imidazole rings is 1. The summed E-state index contributed by atoms with van der Waals surface area (Å²) in [7, 11) is -1.47. The first kappa shape index (κ1) is 22.8. The van der Waals surface area contributed by atoms with Crippen LogP contribution in [0, 0.1) is 6.92 Å². The van der Waals surface area contributed by atoms with Gasteiger partial charge in [-0.05, 0) is 63.7 Å². The Balaban J connectivity index is 1.63. The zero-order valence-electron chi connectivity index (χ0n) is 19.7. The predicted molar refractivity (Wildman–Crippen MR) is 136 cm³/mol. The van der Waals surface area contributed by atoms with E-state index in [4.69, 9.17) is 4.98 Å². The highest BCUT2D eigenvalue weighted by atomic mass is 32.2. The van der Waals surface area contributed by atoms with Gasteiger partial charge in [0.1, 0.15) is 4.21 Å². The van der Waals surface area contributed by atoms with Gasteiger partial charge in [0.25, 0.3) is 0 Å². The zero-order chi connectivity index (χ0) is 24.0. The Morgan fingerprint density at radius 1 is 1.18 bits per heavy atom. The Labute approximate surface area is 203 Å². The number of fused-ring (bicyclic) bond motifs is 1. The van der Waals surface area contributed by atoms with Crippen molar-refractivity contribution in [1.29, 1.82) is 0 Å². The molecule has 4 heterocycles. The van der Waals surface area contributed by atoms with Gasteiger partial charge in [-0.25, -0.2) is 18.4 Å². The number of aryl methyl sites for hydroxylation is 2. The molecule has 0 amide bonds. The van der Waals surface area contributed by atoms with Gasteiger partial charge >= 0.3 is 0 Å². The van der Waals surface area contributed by atoms with Crippen LogP contribution in [-0.2, 0) is 16.9 Å². The van der Waals surface area contributed by atoms with Crippen LogP contribution < -0.4 is 5.32 Å². The Bertz CT molecular complexity index is 1510. The van der Waals surface area contributed by atoms with Crippen LogP contribution in [0.1, 0.15) is 50.8 Å². The van der Waals surface area contributed by atoms with Crippen LogP contribution in [0.3, 0.4) is 0 Å². The van der Waals surface area contributed by atoms with Crippen molar-refractivity contribution in [2.75, 3.05) is 5.32 Å². The first-order valence-corrected chi connectivity index (χ1v) is 13.8. The third kappa shape index (κ3) is 4.05.